The van der Waals surface area contributed by atoms with Gasteiger partial charge in [-0.15, -0.1) is 0 Å². The molecule has 0 heterocycles. The minimum absolute atomic E-state index is 0.0338. The highest BCUT2D eigenvalue weighted by atomic mass is 35.5. The van der Waals surface area contributed by atoms with E-state index in [9.17, 15) is 13.2 Å². The highest BCUT2D eigenvalue weighted by Crippen LogP contribution is 2.31. The molecule has 1 aromatic rings. The van der Waals surface area contributed by atoms with Crippen molar-refractivity contribution in [1.82, 2.24) is 5.32 Å². The van der Waals surface area contributed by atoms with Gasteiger partial charge in [0, 0.05) is 23.4 Å². The van der Waals surface area contributed by atoms with Crippen molar-refractivity contribution in [3.8, 4) is 0 Å². The Hall–Kier alpha value is -0.390. The number of benzene rings is 1. The van der Waals surface area contributed by atoms with Crippen molar-refractivity contribution < 1.29 is 13.2 Å². The molecule has 0 bridgehead atoms. The summed E-state index contributed by atoms with van der Waals surface area (Å²) in [5.41, 5.74) is -3.16. The van der Waals surface area contributed by atoms with Gasteiger partial charge in [0.1, 0.15) is 0 Å². The molecule has 0 saturated carbocycles. The van der Waals surface area contributed by atoms with Gasteiger partial charge in [-0.2, -0.15) is 13.2 Å². The lowest BCUT2D eigenvalue weighted by molar-refractivity contribution is -0.0329. The number of rotatable bonds is 7. The van der Waals surface area contributed by atoms with Crippen LogP contribution in [0, 0.1) is 5.92 Å². The van der Waals surface area contributed by atoms with E-state index >= 15 is 0 Å². The molecule has 0 spiro atoms. The van der Waals surface area contributed by atoms with Crippen LogP contribution in [0.1, 0.15) is 25.8 Å². The SMILES string of the molecule is CCC(C)C(CSC(F)(F)F)NCc1ccc(Cl)cc1. The zero-order valence-corrected chi connectivity index (χ0v) is 13.1. The summed E-state index contributed by atoms with van der Waals surface area (Å²) in [6.45, 7) is 4.50. The molecule has 20 heavy (non-hydrogen) atoms. The third kappa shape index (κ3) is 6.86. The fourth-order valence-corrected chi connectivity index (χ4v) is 2.69. The summed E-state index contributed by atoms with van der Waals surface area (Å²) in [6.07, 6.45) is 0.844. The lowest BCUT2D eigenvalue weighted by Crippen LogP contribution is -2.37. The van der Waals surface area contributed by atoms with E-state index in [1.807, 2.05) is 26.0 Å². The van der Waals surface area contributed by atoms with Crippen LogP contribution in [-0.4, -0.2) is 17.3 Å². The Balaban J connectivity index is 2.54. The van der Waals surface area contributed by atoms with Crippen molar-refractivity contribution >= 4 is 23.4 Å². The molecule has 2 unspecified atom stereocenters. The van der Waals surface area contributed by atoms with E-state index in [-0.39, 0.29) is 29.5 Å². The molecule has 114 valence electrons. The number of thioether (sulfide) groups is 1. The van der Waals surface area contributed by atoms with Gasteiger partial charge in [0.25, 0.3) is 0 Å². The van der Waals surface area contributed by atoms with Crippen molar-refractivity contribution in [3.63, 3.8) is 0 Å². The lowest BCUT2D eigenvalue weighted by Gasteiger charge is -2.24. The summed E-state index contributed by atoms with van der Waals surface area (Å²) in [5, 5.41) is 3.87. The monoisotopic (exact) mass is 325 g/mol. The Morgan fingerprint density at radius 3 is 2.35 bits per heavy atom. The minimum Gasteiger partial charge on any atom is -0.309 e. The lowest BCUT2D eigenvalue weighted by atomic mass is 10.0. The maximum atomic E-state index is 12.3. The van der Waals surface area contributed by atoms with E-state index in [0.717, 1.165) is 12.0 Å². The quantitative estimate of drug-likeness (QED) is 0.748. The number of halogens is 4. The van der Waals surface area contributed by atoms with E-state index < -0.39 is 5.51 Å². The molecule has 0 amide bonds. The molecule has 1 nitrogen and oxygen atoms in total. The van der Waals surface area contributed by atoms with Crippen LogP contribution in [0.2, 0.25) is 5.02 Å². The second-order valence-electron chi connectivity index (χ2n) is 4.76. The van der Waals surface area contributed by atoms with E-state index in [1.165, 1.54) is 0 Å². The zero-order valence-electron chi connectivity index (χ0n) is 11.5. The van der Waals surface area contributed by atoms with Crippen LogP contribution in [-0.2, 0) is 6.54 Å². The summed E-state index contributed by atoms with van der Waals surface area (Å²) in [4.78, 5) is 0. The highest BCUT2D eigenvalue weighted by Gasteiger charge is 2.30. The predicted molar refractivity (Wildman–Crippen MR) is 80.0 cm³/mol. The molecule has 0 radical (unpaired) electrons. The average molecular weight is 326 g/mol. The Morgan fingerprint density at radius 2 is 1.85 bits per heavy atom. The predicted octanol–water partition coefficient (Wildman–Crippen LogP) is 5.10. The molecule has 0 saturated heterocycles. The van der Waals surface area contributed by atoms with Gasteiger partial charge in [-0.25, -0.2) is 0 Å². The van der Waals surface area contributed by atoms with Gasteiger partial charge < -0.3 is 5.32 Å². The third-order valence-electron chi connectivity index (χ3n) is 3.24. The van der Waals surface area contributed by atoms with Crippen molar-refractivity contribution in [3.05, 3.63) is 34.9 Å². The second-order valence-corrected chi connectivity index (χ2v) is 6.28. The first-order valence-electron chi connectivity index (χ1n) is 6.50. The Morgan fingerprint density at radius 1 is 1.25 bits per heavy atom. The van der Waals surface area contributed by atoms with Gasteiger partial charge in [0.2, 0.25) is 0 Å². The van der Waals surface area contributed by atoms with Crippen molar-refractivity contribution in [2.45, 2.75) is 38.4 Å². The standard InChI is InChI=1S/C14H19ClF3NS/c1-3-10(2)13(9-20-14(16,17)18)19-8-11-4-6-12(15)7-5-11/h4-7,10,13,19H,3,8-9H2,1-2H3. The van der Waals surface area contributed by atoms with E-state index in [2.05, 4.69) is 5.32 Å². The largest absolute Gasteiger partial charge is 0.441 e. The first-order valence-corrected chi connectivity index (χ1v) is 7.86. The van der Waals surface area contributed by atoms with Crippen molar-refractivity contribution in [2.24, 2.45) is 5.92 Å². The summed E-state index contributed by atoms with van der Waals surface area (Å²) in [7, 11) is 0. The van der Waals surface area contributed by atoms with Crippen LogP contribution in [0.25, 0.3) is 0 Å². The minimum atomic E-state index is -4.17. The molecule has 6 heteroatoms. The average Bonchev–Trinajstić information content (AvgIpc) is 2.39. The van der Waals surface area contributed by atoms with Crippen LogP contribution in [0.5, 0.6) is 0 Å². The normalized spacial score (nSPS) is 15.1. The molecular weight excluding hydrogens is 307 g/mol. The van der Waals surface area contributed by atoms with Crippen LogP contribution >= 0.6 is 23.4 Å². The van der Waals surface area contributed by atoms with Gasteiger partial charge in [0.05, 0.1) is 0 Å². The summed E-state index contributed by atoms with van der Waals surface area (Å²) in [5.74, 6) is 0.226. The van der Waals surface area contributed by atoms with Crippen molar-refractivity contribution in [2.75, 3.05) is 5.75 Å². The van der Waals surface area contributed by atoms with Gasteiger partial charge >= 0.3 is 5.51 Å². The Kier molecular flexibility index (Phi) is 7.20. The molecule has 0 fully saturated rings. The van der Waals surface area contributed by atoms with E-state index in [4.69, 9.17) is 11.6 Å². The second kappa shape index (κ2) is 8.15. The first kappa shape index (κ1) is 17.7. The molecule has 0 aromatic heterocycles. The summed E-state index contributed by atoms with van der Waals surface area (Å²) >= 11 is 5.84. The molecule has 0 aliphatic rings. The van der Waals surface area contributed by atoms with Crippen LogP contribution in [0.4, 0.5) is 13.2 Å². The van der Waals surface area contributed by atoms with Gasteiger partial charge in [-0.1, -0.05) is 44.0 Å². The smallest absolute Gasteiger partial charge is 0.309 e. The number of alkyl halides is 3. The van der Waals surface area contributed by atoms with Gasteiger partial charge in [-0.3, -0.25) is 0 Å². The maximum absolute atomic E-state index is 12.3. The number of hydrogen-bond acceptors (Lipinski definition) is 2. The van der Waals surface area contributed by atoms with Crippen LogP contribution in [0.3, 0.4) is 0 Å². The topological polar surface area (TPSA) is 12.0 Å². The van der Waals surface area contributed by atoms with E-state index in [0.29, 0.717) is 11.6 Å². The summed E-state index contributed by atoms with van der Waals surface area (Å²) in [6, 6.07) is 7.14. The van der Waals surface area contributed by atoms with Crippen LogP contribution < -0.4 is 5.32 Å². The van der Waals surface area contributed by atoms with Gasteiger partial charge in [0.15, 0.2) is 0 Å². The third-order valence-corrected chi connectivity index (χ3v) is 4.34. The molecule has 1 aromatic carbocycles. The number of nitrogens with one attached hydrogen (secondary N) is 1. The maximum Gasteiger partial charge on any atom is 0.441 e. The van der Waals surface area contributed by atoms with Crippen molar-refractivity contribution in [1.29, 1.82) is 0 Å². The summed E-state index contributed by atoms with van der Waals surface area (Å²) < 4.78 is 36.9. The van der Waals surface area contributed by atoms with E-state index in [1.54, 1.807) is 12.1 Å². The van der Waals surface area contributed by atoms with Gasteiger partial charge in [-0.05, 0) is 35.4 Å². The fraction of sp³-hybridized carbons (Fsp3) is 0.571. The molecular formula is C14H19ClF3NS. The molecule has 2 atom stereocenters. The fourth-order valence-electron chi connectivity index (χ4n) is 1.74. The Bertz CT molecular complexity index is 394. The molecule has 1 rings (SSSR count). The first-order chi connectivity index (χ1) is 9.31. The zero-order chi connectivity index (χ0) is 15.2. The molecule has 0 aliphatic heterocycles. The number of hydrogen-bond donors (Lipinski definition) is 1. The van der Waals surface area contributed by atoms with Crippen LogP contribution in [0.15, 0.2) is 24.3 Å². The molecule has 0 aliphatic carbocycles. The Labute approximate surface area is 127 Å². The molecule has 1 N–H and O–H groups in total. The highest BCUT2D eigenvalue weighted by molar-refractivity contribution is 8.00.